The number of halogens is 6. The highest BCUT2D eigenvalue weighted by molar-refractivity contribution is 5.79. The molecule has 2 aromatic rings. The predicted octanol–water partition coefficient (Wildman–Crippen LogP) is 7.60. The zero-order valence-corrected chi connectivity index (χ0v) is 23.6. The summed E-state index contributed by atoms with van der Waals surface area (Å²) in [6.45, 7) is 4.27. The Bertz CT molecular complexity index is 1400. The minimum atomic E-state index is -4.97. The minimum Gasteiger partial charge on any atom is -0.352 e. The summed E-state index contributed by atoms with van der Waals surface area (Å²) >= 11 is 0. The molecule has 3 unspecified atom stereocenters. The molecular weight excluding hydrogens is 572 g/mol. The molecule has 43 heavy (non-hydrogen) atoms. The van der Waals surface area contributed by atoms with E-state index in [2.05, 4.69) is 57.5 Å². The van der Waals surface area contributed by atoms with E-state index in [9.17, 15) is 31.1 Å². The third kappa shape index (κ3) is 6.70. The molecule has 5 atom stereocenters. The number of amides is 1. The number of likely N-dealkylation sites (tertiary alicyclic amines) is 1. The summed E-state index contributed by atoms with van der Waals surface area (Å²) in [5.74, 6) is -0.661. The lowest BCUT2D eigenvalue weighted by molar-refractivity contribution is -0.143. The second-order valence-electron chi connectivity index (χ2n) is 12.0. The molecular formula is C31H33F6N5O. The van der Waals surface area contributed by atoms with Gasteiger partial charge in [0.05, 0.1) is 11.1 Å². The maximum atomic E-state index is 13.4. The topological polar surface area (TPSA) is 81.1 Å². The summed E-state index contributed by atoms with van der Waals surface area (Å²) in [7, 11) is 0. The monoisotopic (exact) mass is 605 g/mol. The average molecular weight is 606 g/mol. The largest absolute Gasteiger partial charge is 0.416 e. The summed E-state index contributed by atoms with van der Waals surface area (Å²) in [6, 6.07) is 9.72. The zero-order chi connectivity index (χ0) is 31.0. The second kappa shape index (κ2) is 11.9. The number of fused-ring (bicyclic) bond motifs is 2. The first kappa shape index (κ1) is 30.9. The van der Waals surface area contributed by atoms with Gasteiger partial charge in [0, 0.05) is 35.9 Å². The van der Waals surface area contributed by atoms with Crippen molar-refractivity contribution in [3.63, 3.8) is 0 Å². The van der Waals surface area contributed by atoms with Crippen molar-refractivity contribution in [2.24, 2.45) is 28.8 Å². The van der Waals surface area contributed by atoms with Gasteiger partial charge in [-0.25, -0.2) is 0 Å². The predicted molar refractivity (Wildman–Crippen MR) is 149 cm³/mol. The molecule has 5 rings (SSSR count). The summed E-state index contributed by atoms with van der Waals surface area (Å²) < 4.78 is 79.8. The maximum absolute atomic E-state index is 13.4. The molecule has 6 nitrogen and oxygen atoms in total. The van der Waals surface area contributed by atoms with E-state index in [4.69, 9.17) is 5.53 Å². The third-order valence-electron chi connectivity index (χ3n) is 9.36. The molecule has 230 valence electrons. The fourth-order valence-electron chi connectivity index (χ4n) is 6.89. The van der Waals surface area contributed by atoms with Crippen LogP contribution in [0.5, 0.6) is 0 Å². The van der Waals surface area contributed by atoms with Crippen molar-refractivity contribution in [2.45, 2.75) is 50.5 Å². The molecule has 12 heteroatoms. The Labute approximate surface area is 245 Å². The molecule has 0 aromatic heterocycles. The van der Waals surface area contributed by atoms with Crippen molar-refractivity contribution in [3.8, 4) is 0 Å². The van der Waals surface area contributed by atoms with Crippen LogP contribution in [0.1, 0.15) is 54.0 Å². The van der Waals surface area contributed by atoms with E-state index in [-0.39, 0.29) is 35.4 Å². The Hall–Kier alpha value is -3.50. The SMILES string of the molecule is C[C@H]1CN(CCC(C(=O)NCc2cc(C(F)(F)F)cc(C(F)(F)F)c2)C2CC2CN=[N+]=[N-])CC[C@@]12C=Cc1ccccc12. The molecule has 1 amide bonds. The highest BCUT2D eigenvalue weighted by atomic mass is 19.4. The second-order valence-corrected chi connectivity index (χ2v) is 12.0. The van der Waals surface area contributed by atoms with Crippen LogP contribution in [0.25, 0.3) is 16.5 Å². The van der Waals surface area contributed by atoms with Gasteiger partial charge in [-0.15, -0.1) is 0 Å². The van der Waals surface area contributed by atoms with Crippen LogP contribution in [0.3, 0.4) is 0 Å². The van der Waals surface area contributed by atoms with Gasteiger partial charge in [-0.2, -0.15) is 26.3 Å². The van der Waals surface area contributed by atoms with Gasteiger partial charge in [0.2, 0.25) is 5.91 Å². The molecule has 3 aliphatic rings. The molecule has 1 saturated heterocycles. The van der Waals surface area contributed by atoms with Crippen LogP contribution >= 0.6 is 0 Å². The van der Waals surface area contributed by atoms with E-state index in [1.54, 1.807) is 0 Å². The Morgan fingerprint density at radius 2 is 1.84 bits per heavy atom. The van der Waals surface area contributed by atoms with Crippen molar-refractivity contribution in [2.75, 3.05) is 26.2 Å². The first-order chi connectivity index (χ1) is 20.3. The standard InChI is InChI=1S/C31H33F6N5O/c1-19-18-42(11-9-29(19)8-6-21-4-2-3-5-27(21)29)10-7-25(26-14-22(26)17-40-41-38)28(43)39-16-20-12-23(30(32,33)34)15-24(13-20)31(35,36)37/h2-6,8,12-13,15,19,22,25-26H,7,9-11,14,16-18H2,1H3,(H,39,43)/t19-,22?,25?,26?,29-/m0/s1. The Kier molecular flexibility index (Phi) is 8.55. The van der Waals surface area contributed by atoms with Crippen LogP contribution in [0.4, 0.5) is 26.3 Å². The minimum absolute atomic E-state index is 0.0146. The average Bonchev–Trinajstić information content (AvgIpc) is 3.63. The van der Waals surface area contributed by atoms with E-state index < -0.39 is 41.8 Å². The number of carbonyl (C=O) groups excluding carboxylic acids is 1. The number of piperidine rings is 1. The molecule has 1 aliphatic heterocycles. The number of rotatable bonds is 9. The number of allylic oxidation sites excluding steroid dienone is 1. The van der Waals surface area contributed by atoms with Crippen molar-refractivity contribution in [1.29, 1.82) is 0 Å². The van der Waals surface area contributed by atoms with E-state index in [0.717, 1.165) is 19.5 Å². The van der Waals surface area contributed by atoms with Crippen LogP contribution in [0.2, 0.25) is 0 Å². The lowest BCUT2D eigenvalue weighted by Crippen LogP contribution is -2.48. The fourth-order valence-corrected chi connectivity index (χ4v) is 6.89. The number of carbonyl (C=O) groups is 1. The molecule has 1 spiro atoms. The summed E-state index contributed by atoms with van der Waals surface area (Å²) in [5.41, 5.74) is 8.13. The fraction of sp³-hybridized carbons (Fsp3) is 0.516. The lowest BCUT2D eigenvalue weighted by Gasteiger charge is -2.44. The van der Waals surface area contributed by atoms with Gasteiger partial charge in [0.25, 0.3) is 0 Å². The number of hydrogen-bond donors (Lipinski definition) is 1. The smallest absolute Gasteiger partial charge is 0.352 e. The van der Waals surface area contributed by atoms with E-state index in [1.165, 1.54) is 11.1 Å². The molecule has 1 N–H and O–H groups in total. The highest BCUT2D eigenvalue weighted by Gasteiger charge is 2.47. The van der Waals surface area contributed by atoms with Crippen LogP contribution in [0, 0.1) is 23.7 Å². The normalized spacial score (nSPS) is 25.7. The number of nitrogens with zero attached hydrogens (tertiary/aromatic N) is 4. The van der Waals surface area contributed by atoms with Crippen molar-refractivity contribution in [3.05, 3.63) is 86.8 Å². The first-order valence-corrected chi connectivity index (χ1v) is 14.4. The van der Waals surface area contributed by atoms with E-state index >= 15 is 0 Å². The van der Waals surface area contributed by atoms with Crippen molar-refractivity contribution in [1.82, 2.24) is 10.2 Å². The van der Waals surface area contributed by atoms with Crippen LogP contribution in [-0.2, 0) is 29.1 Å². The zero-order valence-electron chi connectivity index (χ0n) is 23.6. The maximum Gasteiger partial charge on any atom is 0.416 e. The number of nitrogens with one attached hydrogen (secondary N) is 1. The molecule has 2 aliphatic carbocycles. The van der Waals surface area contributed by atoms with E-state index in [0.29, 0.717) is 37.4 Å². The molecule has 1 heterocycles. The van der Waals surface area contributed by atoms with Crippen molar-refractivity contribution < 1.29 is 31.1 Å². The van der Waals surface area contributed by atoms with Gasteiger partial charge in [0.1, 0.15) is 0 Å². The van der Waals surface area contributed by atoms with Crippen LogP contribution < -0.4 is 5.32 Å². The summed E-state index contributed by atoms with van der Waals surface area (Å²) in [5, 5.41) is 6.22. The Morgan fingerprint density at radius 3 is 2.49 bits per heavy atom. The molecule has 1 saturated carbocycles. The quantitative estimate of drug-likeness (QED) is 0.138. The number of hydrogen-bond acceptors (Lipinski definition) is 3. The molecule has 2 aromatic carbocycles. The first-order valence-electron chi connectivity index (χ1n) is 14.4. The number of benzene rings is 2. The van der Waals surface area contributed by atoms with Crippen LogP contribution in [0.15, 0.2) is 53.7 Å². The third-order valence-corrected chi connectivity index (χ3v) is 9.36. The lowest BCUT2D eigenvalue weighted by atomic mass is 9.68. The summed E-state index contributed by atoms with van der Waals surface area (Å²) in [4.78, 5) is 18.5. The van der Waals surface area contributed by atoms with Gasteiger partial charge >= 0.3 is 12.4 Å². The number of azide groups is 1. The number of alkyl halides is 6. The van der Waals surface area contributed by atoms with Crippen molar-refractivity contribution >= 4 is 12.0 Å². The van der Waals surface area contributed by atoms with Gasteiger partial charge in [0.15, 0.2) is 0 Å². The van der Waals surface area contributed by atoms with Crippen LogP contribution in [-0.4, -0.2) is 37.0 Å². The van der Waals surface area contributed by atoms with Gasteiger partial charge in [-0.05, 0) is 90.5 Å². The Morgan fingerprint density at radius 1 is 1.14 bits per heavy atom. The van der Waals surface area contributed by atoms with E-state index in [1.807, 2.05) is 6.07 Å². The highest BCUT2D eigenvalue weighted by Crippen LogP contribution is 2.48. The molecule has 2 fully saturated rings. The van der Waals surface area contributed by atoms with Gasteiger partial charge in [-0.1, -0.05) is 48.5 Å². The summed E-state index contributed by atoms with van der Waals surface area (Å²) in [6.07, 6.45) is -3.37. The van der Waals surface area contributed by atoms with Gasteiger partial charge in [-0.3, -0.25) is 4.79 Å². The van der Waals surface area contributed by atoms with Gasteiger partial charge < -0.3 is 10.2 Å². The Balaban J connectivity index is 1.25. The molecule has 0 bridgehead atoms. The molecule has 0 radical (unpaired) electrons.